The first kappa shape index (κ1) is 18.9. The SMILES string of the molecule is CCCCCCCN1c2nccc[n+]2C[C@@]1(O)c1ccccc1.[Br-]. The summed E-state index contributed by atoms with van der Waals surface area (Å²) >= 11 is 0. The lowest BCUT2D eigenvalue weighted by Crippen LogP contribution is -3.00. The standard InChI is InChI=1S/C19H26N3O.BrH/c1-2-3-4-5-9-15-22-18-20-13-10-14-21(18)16-19(22,23)17-11-7-6-8-12-17;/h6-8,10-14,23H,2-5,9,15-16H2,1H3;1H/q+1;/p-1/t19-;/m1./s1. The van der Waals surface area contributed by atoms with Crippen molar-refractivity contribution < 1.29 is 26.7 Å². The molecule has 2 aromatic rings. The van der Waals surface area contributed by atoms with Gasteiger partial charge in [0.15, 0.2) is 0 Å². The third kappa shape index (κ3) is 3.78. The molecule has 0 radical (unpaired) electrons. The van der Waals surface area contributed by atoms with Crippen molar-refractivity contribution in [3.63, 3.8) is 0 Å². The molecule has 1 atom stereocenters. The fourth-order valence-corrected chi connectivity index (χ4v) is 3.34. The van der Waals surface area contributed by atoms with Gasteiger partial charge in [-0.3, -0.25) is 0 Å². The maximum Gasteiger partial charge on any atom is 0.396 e. The number of rotatable bonds is 7. The predicted molar refractivity (Wildman–Crippen MR) is 90.9 cm³/mol. The van der Waals surface area contributed by atoms with E-state index in [-0.39, 0.29) is 17.0 Å². The summed E-state index contributed by atoms with van der Waals surface area (Å²) < 4.78 is 2.04. The van der Waals surface area contributed by atoms with Crippen molar-refractivity contribution in [1.29, 1.82) is 0 Å². The van der Waals surface area contributed by atoms with Crippen molar-refractivity contribution in [3.8, 4) is 0 Å². The van der Waals surface area contributed by atoms with Crippen LogP contribution >= 0.6 is 0 Å². The van der Waals surface area contributed by atoms with Gasteiger partial charge >= 0.3 is 5.95 Å². The maximum atomic E-state index is 11.4. The van der Waals surface area contributed by atoms with E-state index in [2.05, 4.69) is 16.8 Å². The monoisotopic (exact) mass is 391 g/mol. The summed E-state index contributed by atoms with van der Waals surface area (Å²) in [5.41, 5.74) is -0.0769. The van der Waals surface area contributed by atoms with Gasteiger partial charge in [0, 0.05) is 11.6 Å². The van der Waals surface area contributed by atoms with E-state index in [0.717, 1.165) is 24.5 Å². The van der Waals surface area contributed by atoms with Crippen LogP contribution in [0, 0.1) is 0 Å². The van der Waals surface area contributed by atoms with Crippen LogP contribution in [0.25, 0.3) is 0 Å². The molecule has 0 fully saturated rings. The Kier molecular flexibility index (Phi) is 6.75. The highest BCUT2D eigenvalue weighted by molar-refractivity contribution is 5.37. The Hall–Kier alpha value is -1.46. The van der Waals surface area contributed by atoms with E-state index >= 15 is 0 Å². The fourth-order valence-electron chi connectivity index (χ4n) is 3.34. The van der Waals surface area contributed by atoms with E-state index in [1.165, 1.54) is 25.7 Å². The number of unbranched alkanes of at least 4 members (excludes halogenated alkanes) is 4. The van der Waals surface area contributed by atoms with Gasteiger partial charge < -0.3 is 22.1 Å². The highest BCUT2D eigenvalue weighted by atomic mass is 79.9. The van der Waals surface area contributed by atoms with E-state index in [1.807, 2.05) is 47.2 Å². The summed E-state index contributed by atoms with van der Waals surface area (Å²) in [6, 6.07) is 11.9. The van der Waals surface area contributed by atoms with Crippen molar-refractivity contribution in [3.05, 3.63) is 54.4 Å². The Balaban J connectivity index is 0.00000208. The van der Waals surface area contributed by atoms with Gasteiger partial charge in [0.1, 0.15) is 12.7 Å². The molecule has 1 N–H and O–H groups in total. The van der Waals surface area contributed by atoms with Crippen LogP contribution in [0.3, 0.4) is 0 Å². The Morgan fingerprint density at radius 1 is 1.12 bits per heavy atom. The van der Waals surface area contributed by atoms with Crippen molar-refractivity contribution in [2.75, 3.05) is 11.4 Å². The van der Waals surface area contributed by atoms with Crippen LogP contribution in [0.15, 0.2) is 48.8 Å². The highest BCUT2D eigenvalue weighted by Gasteiger charge is 2.50. The maximum absolute atomic E-state index is 11.4. The lowest BCUT2D eigenvalue weighted by atomic mass is 10.0. The van der Waals surface area contributed by atoms with E-state index in [9.17, 15) is 5.11 Å². The summed E-state index contributed by atoms with van der Waals surface area (Å²) in [4.78, 5) is 6.57. The van der Waals surface area contributed by atoms with Gasteiger partial charge in [-0.2, -0.15) is 0 Å². The fraction of sp³-hybridized carbons (Fsp3) is 0.474. The molecular weight excluding hydrogens is 366 g/mol. The molecule has 0 saturated heterocycles. The van der Waals surface area contributed by atoms with Crippen molar-refractivity contribution in [1.82, 2.24) is 4.98 Å². The zero-order chi connectivity index (χ0) is 16.1. The zero-order valence-electron chi connectivity index (χ0n) is 14.2. The molecule has 1 aliphatic heterocycles. The molecule has 5 heteroatoms. The minimum atomic E-state index is -1.01. The second-order valence-corrected chi connectivity index (χ2v) is 6.30. The van der Waals surface area contributed by atoms with Gasteiger partial charge in [-0.15, -0.1) is 0 Å². The number of fused-ring (bicyclic) bond motifs is 1. The van der Waals surface area contributed by atoms with E-state index in [0.29, 0.717) is 6.54 Å². The quantitative estimate of drug-likeness (QED) is 0.533. The molecule has 1 aromatic heterocycles. The van der Waals surface area contributed by atoms with Crippen molar-refractivity contribution >= 4 is 5.95 Å². The Morgan fingerprint density at radius 3 is 2.62 bits per heavy atom. The summed E-state index contributed by atoms with van der Waals surface area (Å²) in [5, 5.41) is 11.4. The molecular formula is C19H26BrN3O. The molecule has 3 rings (SSSR count). The third-order valence-electron chi connectivity index (χ3n) is 4.60. The van der Waals surface area contributed by atoms with Gasteiger partial charge in [-0.1, -0.05) is 67.9 Å². The van der Waals surface area contributed by atoms with Crippen LogP contribution in [0.2, 0.25) is 0 Å². The van der Waals surface area contributed by atoms with Crippen molar-refractivity contribution in [2.45, 2.75) is 51.3 Å². The molecule has 2 heterocycles. The third-order valence-corrected chi connectivity index (χ3v) is 4.60. The lowest BCUT2D eigenvalue weighted by molar-refractivity contribution is -0.685. The van der Waals surface area contributed by atoms with Crippen molar-refractivity contribution in [2.24, 2.45) is 0 Å². The number of hydrogen-bond donors (Lipinski definition) is 1. The van der Waals surface area contributed by atoms with Crippen LogP contribution in [0.1, 0.15) is 44.6 Å². The zero-order valence-corrected chi connectivity index (χ0v) is 15.8. The van der Waals surface area contributed by atoms with E-state index < -0.39 is 5.72 Å². The number of anilines is 1. The normalized spacial score (nSPS) is 19.0. The molecule has 0 spiro atoms. The number of aliphatic hydroxyl groups is 1. The van der Waals surface area contributed by atoms with Crippen LogP contribution in [-0.2, 0) is 12.3 Å². The number of aromatic nitrogens is 2. The Morgan fingerprint density at radius 2 is 1.88 bits per heavy atom. The average molecular weight is 392 g/mol. The molecule has 0 saturated carbocycles. The molecule has 24 heavy (non-hydrogen) atoms. The molecule has 0 aliphatic carbocycles. The first-order valence-corrected chi connectivity index (χ1v) is 8.65. The smallest absolute Gasteiger partial charge is 0.396 e. The van der Waals surface area contributed by atoms with E-state index in [4.69, 9.17) is 0 Å². The summed E-state index contributed by atoms with van der Waals surface area (Å²) in [5.74, 6) is 0.856. The first-order chi connectivity index (χ1) is 11.3. The molecule has 130 valence electrons. The predicted octanol–water partition coefficient (Wildman–Crippen LogP) is 0.00880. The lowest BCUT2D eigenvalue weighted by Gasteiger charge is -2.28. The largest absolute Gasteiger partial charge is 1.00 e. The minimum Gasteiger partial charge on any atom is -1.00 e. The second kappa shape index (κ2) is 8.58. The van der Waals surface area contributed by atoms with Crippen LogP contribution in [-0.4, -0.2) is 16.6 Å². The number of nitrogens with zero attached hydrogens (tertiary/aromatic N) is 3. The van der Waals surface area contributed by atoms with Gasteiger partial charge in [0.05, 0.1) is 12.7 Å². The molecule has 0 amide bonds. The number of benzene rings is 1. The molecule has 1 aromatic carbocycles. The molecule has 1 aliphatic rings. The Bertz CT molecular complexity index is 638. The first-order valence-electron chi connectivity index (χ1n) is 8.65. The van der Waals surface area contributed by atoms with Crippen LogP contribution < -0.4 is 26.4 Å². The van der Waals surface area contributed by atoms with Gasteiger partial charge in [0.2, 0.25) is 5.72 Å². The van der Waals surface area contributed by atoms with Crippen LogP contribution in [0.4, 0.5) is 5.95 Å². The highest BCUT2D eigenvalue weighted by Crippen LogP contribution is 2.33. The van der Waals surface area contributed by atoms with Gasteiger partial charge in [-0.25, -0.2) is 9.47 Å². The minimum absolute atomic E-state index is 0. The summed E-state index contributed by atoms with van der Waals surface area (Å²) in [6.07, 6.45) is 9.86. The molecule has 0 unspecified atom stereocenters. The molecule has 0 bridgehead atoms. The number of halogens is 1. The van der Waals surface area contributed by atoms with E-state index in [1.54, 1.807) is 6.20 Å². The van der Waals surface area contributed by atoms with Gasteiger partial charge in [0.25, 0.3) is 0 Å². The van der Waals surface area contributed by atoms with Gasteiger partial charge in [-0.05, 0) is 6.42 Å². The Labute approximate surface area is 154 Å². The second-order valence-electron chi connectivity index (χ2n) is 6.30. The molecule has 4 nitrogen and oxygen atoms in total. The average Bonchev–Trinajstić information content (AvgIpc) is 2.89. The topological polar surface area (TPSA) is 40.2 Å². The summed E-state index contributed by atoms with van der Waals surface area (Å²) in [7, 11) is 0. The van der Waals surface area contributed by atoms with Crippen LogP contribution in [0.5, 0.6) is 0 Å². The number of hydrogen-bond acceptors (Lipinski definition) is 3. The summed E-state index contributed by atoms with van der Waals surface area (Å²) in [6.45, 7) is 3.58.